The predicted molar refractivity (Wildman–Crippen MR) is 310 cm³/mol. The highest BCUT2D eigenvalue weighted by atomic mass is 16.5. The lowest BCUT2D eigenvalue weighted by Crippen LogP contribution is -2.40. The van der Waals surface area contributed by atoms with Crippen LogP contribution in [0.25, 0.3) is 56.5 Å². The average Bonchev–Trinajstić information content (AvgIpc) is 4.23. The van der Waals surface area contributed by atoms with E-state index >= 15 is 0 Å². The fraction of sp³-hybridized carbons (Fsp3) is 0.385. The number of aromatic nitrogens is 8. The van der Waals surface area contributed by atoms with Crippen molar-refractivity contribution in [1.82, 2.24) is 48.9 Å². The lowest BCUT2D eigenvalue weighted by molar-refractivity contribution is -0.129. The highest BCUT2D eigenvalue weighted by Crippen LogP contribution is 2.49. The zero-order chi connectivity index (χ0) is 55.1. The van der Waals surface area contributed by atoms with Crippen LogP contribution in [0.1, 0.15) is 157 Å². The Balaban J connectivity index is 0.000000153. The van der Waals surface area contributed by atoms with Gasteiger partial charge in [-0.3, -0.25) is 9.59 Å². The number of piperidine rings is 2. The second-order valence-electron chi connectivity index (χ2n) is 23.0. The first-order chi connectivity index (χ1) is 39.7. The number of carbonyl (C=O) groups excluding carboxylic acids is 3. The molecule has 6 aliphatic rings. The summed E-state index contributed by atoms with van der Waals surface area (Å²) < 4.78 is 13.4. The van der Waals surface area contributed by atoms with Crippen LogP contribution in [0, 0.1) is 0 Å². The number of methoxy groups -OCH3 is 1. The molecule has 0 unspecified atom stereocenters. The molecule has 81 heavy (non-hydrogen) atoms. The fourth-order valence-electron chi connectivity index (χ4n) is 14.3. The van der Waals surface area contributed by atoms with Gasteiger partial charge in [-0.2, -0.15) is 0 Å². The summed E-state index contributed by atoms with van der Waals surface area (Å²) >= 11 is 0. The number of hydrogen-bond donors (Lipinski definition) is 1. The molecule has 2 saturated carbocycles. The summed E-state index contributed by atoms with van der Waals surface area (Å²) in [5.41, 5.74) is 13.6. The van der Waals surface area contributed by atoms with E-state index in [1.807, 2.05) is 55.8 Å². The number of benzene rings is 4. The topological polar surface area (TPSA) is 176 Å². The van der Waals surface area contributed by atoms with Crippen LogP contribution in [0.5, 0.6) is 0 Å². The van der Waals surface area contributed by atoms with E-state index in [0.717, 1.165) is 107 Å². The van der Waals surface area contributed by atoms with E-state index in [2.05, 4.69) is 90.4 Å². The molecule has 4 aliphatic heterocycles. The third-order valence-corrected chi connectivity index (χ3v) is 18.3. The van der Waals surface area contributed by atoms with E-state index in [9.17, 15) is 24.3 Å². The molecule has 2 aliphatic carbocycles. The first-order valence-corrected chi connectivity index (χ1v) is 29.2. The van der Waals surface area contributed by atoms with Gasteiger partial charge in [-0.05, 0) is 122 Å². The third kappa shape index (κ3) is 9.86. The molecule has 414 valence electrons. The minimum absolute atomic E-state index is 0.0511. The molecular formula is C65H68N10O6. The molecule has 4 fully saturated rings. The Hall–Kier alpha value is -8.40. The molecule has 16 heteroatoms. The van der Waals surface area contributed by atoms with Crippen LogP contribution in [-0.4, -0.2) is 111 Å². The number of esters is 1. The first-order valence-electron chi connectivity index (χ1n) is 29.2. The molecule has 8 aromatic rings. The summed E-state index contributed by atoms with van der Waals surface area (Å²) in [5, 5.41) is 28.3. The van der Waals surface area contributed by atoms with Gasteiger partial charge >= 0.3 is 11.9 Å². The van der Waals surface area contributed by atoms with Crippen molar-refractivity contribution in [1.29, 1.82) is 0 Å². The van der Waals surface area contributed by atoms with Crippen molar-refractivity contribution >= 4 is 57.7 Å². The number of amides is 2. The van der Waals surface area contributed by atoms with Crippen LogP contribution in [0.4, 0.5) is 0 Å². The number of fused-ring (bicyclic) bond motifs is 10. The number of carbonyl (C=O) groups is 4. The van der Waals surface area contributed by atoms with E-state index < -0.39 is 5.97 Å². The molecule has 1 N–H and O–H groups in total. The highest BCUT2D eigenvalue weighted by Gasteiger charge is 2.35. The summed E-state index contributed by atoms with van der Waals surface area (Å²) in [6, 6.07) is 28.7. The average molecular weight is 1090 g/mol. The Morgan fingerprint density at radius 2 is 0.963 bits per heavy atom. The number of likely N-dealkylation sites (tertiary alicyclic amines) is 2. The Morgan fingerprint density at radius 3 is 1.38 bits per heavy atom. The number of nitrogens with zero attached hydrogens (tertiary/aromatic N) is 10. The Morgan fingerprint density at radius 1 is 0.531 bits per heavy atom. The van der Waals surface area contributed by atoms with E-state index in [-0.39, 0.29) is 35.4 Å². The minimum atomic E-state index is -0.937. The van der Waals surface area contributed by atoms with E-state index in [1.165, 1.54) is 67.8 Å². The van der Waals surface area contributed by atoms with Gasteiger partial charge in [0.15, 0.2) is 0 Å². The minimum Gasteiger partial charge on any atom is -0.478 e. The molecule has 2 saturated heterocycles. The SMILES string of the molecule is COC(=O)c1ccc2c(C3CCCCC3)c3n(c2c1)CC(C(=O)N1CCC(n2ccnn2)CC1)=Cc1ccccc1-3.O=C(O)c1ccc2c(C3CCCCC3)c3n(c2c1)CC(C(=O)N1CCC(n2ccnn2)CC1)=Cc1ccccc1-3. The maximum atomic E-state index is 14.1. The molecule has 0 atom stereocenters. The molecule has 0 radical (unpaired) electrons. The summed E-state index contributed by atoms with van der Waals surface area (Å²) in [7, 11) is 1.42. The number of aromatic carboxylic acids is 1. The fourth-order valence-corrected chi connectivity index (χ4v) is 14.3. The number of rotatable bonds is 8. The molecule has 0 bridgehead atoms. The Labute approximate surface area is 470 Å². The molecule has 4 aromatic heterocycles. The van der Waals surface area contributed by atoms with Gasteiger partial charge in [-0.25, -0.2) is 19.0 Å². The van der Waals surface area contributed by atoms with Crippen LogP contribution in [0.15, 0.2) is 121 Å². The number of ether oxygens (including phenoxy) is 1. The molecule has 4 aromatic carbocycles. The van der Waals surface area contributed by atoms with Crippen LogP contribution < -0.4 is 0 Å². The Bertz CT molecular complexity index is 3750. The van der Waals surface area contributed by atoms with Gasteiger partial charge in [0.2, 0.25) is 0 Å². The molecule has 0 spiro atoms. The summed E-state index contributed by atoms with van der Waals surface area (Å²) in [6.07, 6.45) is 26.7. The van der Waals surface area contributed by atoms with Crippen molar-refractivity contribution in [3.63, 3.8) is 0 Å². The smallest absolute Gasteiger partial charge is 0.337 e. The van der Waals surface area contributed by atoms with Gasteiger partial charge in [0.1, 0.15) is 0 Å². The zero-order valence-electron chi connectivity index (χ0n) is 46.0. The summed E-state index contributed by atoms with van der Waals surface area (Å²) in [4.78, 5) is 56.7. The summed E-state index contributed by atoms with van der Waals surface area (Å²) in [5.74, 6) is -0.285. The van der Waals surface area contributed by atoms with Crippen molar-refractivity contribution in [2.24, 2.45) is 0 Å². The van der Waals surface area contributed by atoms with Crippen LogP contribution in [0.3, 0.4) is 0 Å². The molecule has 8 heterocycles. The Kier molecular flexibility index (Phi) is 14.3. The maximum absolute atomic E-state index is 14.1. The van der Waals surface area contributed by atoms with E-state index in [4.69, 9.17) is 4.74 Å². The second-order valence-corrected chi connectivity index (χ2v) is 23.0. The van der Waals surface area contributed by atoms with Gasteiger partial charge in [-0.15, -0.1) is 10.2 Å². The normalized spacial score (nSPS) is 18.1. The first kappa shape index (κ1) is 52.0. The van der Waals surface area contributed by atoms with Gasteiger partial charge in [-0.1, -0.05) is 110 Å². The lowest BCUT2D eigenvalue weighted by Gasteiger charge is -2.32. The molecular weight excluding hydrogens is 1020 g/mol. The standard InChI is InChI=1S/C33H35N5O3.C32H33N5O3/c1-41-33(40)24-11-12-28-29(20-24)37-21-25(32(39)36-16-13-26(14-17-36)38-18-15-34-35-38)19-23-9-5-6-10-27(23)31(37)30(28)22-7-3-2-4-8-22;38-31(35-15-12-25(13-16-35)37-17-14-33-34-37)24-18-22-8-4-5-9-26(22)30-29(21-6-2-1-3-7-21)27-11-10-23(32(39)40)19-28(27)36(30)20-24/h5-6,9-12,15,18-20,22,26H,2-4,7-8,13-14,16-17,21H2,1H3;4-5,8-11,14,17-19,21,25H,1-3,6-7,12-13,15-16,20H2,(H,39,40). The van der Waals surface area contributed by atoms with E-state index in [0.29, 0.717) is 56.7 Å². The second kappa shape index (κ2) is 22.3. The predicted octanol–water partition coefficient (Wildman–Crippen LogP) is 11.9. The van der Waals surface area contributed by atoms with E-state index in [1.54, 1.807) is 24.5 Å². The lowest BCUT2D eigenvalue weighted by atomic mass is 9.81. The van der Waals surface area contributed by atoms with Crippen molar-refractivity contribution in [2.75, 3.05) is 33.3 Å². The number of carboxylic acids is 1. The van der Waals surface area contributed by atoms with Gasteiger partial charge in [0, 0.05) is 82.7 Å². The van der Waals surface area contributed by atoms with Crippen LogP contribution >= 0.6 is 0 Å². The van der Waals surface area contributed by atoms with Crippen molar-refractivity contribution in [2.45, 2.75) is 127 Å². The van der Waals surface area contributed by atoms with Gasteiger partial charge in [0.05, 0.1) is 67.2 Å². The molecule has 14 rings (SSSR count). The maximum Gasteiger partial charge on any atom is 0.337 e. The number of hydrogen-bond acceptors (Lipinski definition) is 9. The highest BCUT2D eigenvalue weighted by molar-refractivity contribution is 6.05. The van der Waals surface area contributed by atoms with Crippen LogP contribution in [-0.2, 0) is 27.4 Å². The number of carboxylic acid groups (broad SMARTS) is 1. The van der Waals surface area contributed by atoms with Crippen LogP contribution in [0.2, 0.25) is 0 Å². The monoisotopic (exact) mass is 1080 g/mol. The molecule has 2 amide bonds. The van der Waals surface area contributed by atoms with Crippen molar-refractivity contribution in [3.05, 3.63) is 154 Å². The van der Waals surface area contributed by atoms with Gasteiger partial charge < -0.3 is 28.8 Å². The summed E-state index contributed by atoms with van der Waals surface area (Å²) in [6.45, 7) is 3.57. The largest absolute Gasteiger partial charge is 0.478 e. The third-order valence-electron chi connectivity index (χ3n) is 18.3. The van der Waals surface area contributed by atoms with Gasteiger partial charge in [0.25, 0.3) is 11.8 Å². The molecule has 16 nitrogen and oxygen atoms in total. The van der Waals surface area contributed by atoms with Crippen molar-refractivity contribution < 1.29 is 29.0 Å². The van der Waals surface area contributed by atoms with Crippen molar-refractivity contribution in [3.8, 4) is 22.5 Å². The zero-order valence-corrected chi connectivity index (χ0v) is 46.0. The quantitative estimate of drug-likeness (QED) is 0.144.